The lowest BCUT2D eigenvalue weighted by Crippen LogP contribution is -2.42. The topological polar surface area (TPSA) is 78.4 Å². The number of carbonyl (C=O) groups excluding carboxylic acids is 2. The van der Waals surface area contributed by atoms with E-state index in [0.29, 0.717) is 12.8 Å². The van der Waals surface area contributed by atoms with E-state index in [1.165, 1.54) is 12.1 Å². The van der Waals surface area contributed by atoms with Crippen molar-refractivity contribution in [3.63, 3.8) is 0 Å². The molecule has 1 aromatic rings. The number of carbonyl (C=O) groups is 2. The molecule has 5 nitrogen and oxygen atoms in total. The molecule has 25 heavy (non-hydrogen) atoms. The highest BCUT2D eigenvalue weighted by Crippen LogP contribution is 2.17. The number of aryl methyl sites for hydroxylation is 1. The van der Waals surface area contributed by atoms with Gasteiger partial charge in [0.15, 0.2) is 0 Å². The summed E-state index contributed by atoms with van der Waals surface area (Å²) < 4.78 is 13.6. The molecule has 0 fully saturated rings. The Hall–Kier alpha value is -2.47. The van der Waals surface area contributed by atoms with Gasteiger partial charge in [0.05, 0.1) is 11.3 Å². The second-order valence-corrected chi connectivity index (χ2v) is 6.02. The third-order valence-electron chi connectivity index (χ3n) is 3.64. The number of hydrogen-bond donors (Lipinski definition) is 3. The summed E-state index contributed by atoms with van der Waals surface area (Å²) in [5.74, 6) is -1.35. The maximum absolute atomic E-state index is 13.6. The zero-order valence-electron chi connectivity index (χ0n) is 14.5. The Kier molecular flexibility index (Phi) is 8.01. The highest BCUT2D eigenvalue weighted by molar-refractivity contribution is 5.93. The summed E-state index contributed by atoms with van der Waals surface area (Å²) in [5, 5.41) is 15.4. The lowest BCUT2D eigenvalue weighted by Gasteiger charge is -2.25. The van der Waals surface area contributed by atoms with Gasteiger partial charge in [-0.2, -0.15) is 0 Å². The summed E-state index contributed by atoms with van der Waals surface area (Å²) in [7, 11) is 0. The minimum atomic E-state index is -1.13. The van der Waals surface area contributed by atoms with E-state index in [2.05, 4.69) is 23.8 Å². The molecule has 0 saturated heterocycles. The summed E-state index contributed by atoms with van der Waals surface area (Å²) in [5.41, 5.74) is -0.221. The van der Waals surface area contributed by atoms with Gasteiger partial charge in [-0.15, -0.1) is 13.2 Å². The molecule has 136 valence electrons. The fraction of sp³-hybridized carbons (Fsp3) is 0.368. The first-order valence-electron chi connectivity index (χ1n) is 8.06. The summed E-state index contributed by atoms with van der Waals surface area (Å²) in [6, 6.07) is 4.40. The number of anilines is 1. The number of amides is 2. The fourth-order valence-electron chi connectivity index (χ4n) is 2.29. The molecule has 0 aromatic heterocycles. The largest absolute Gasteiger partial charge is 0.387 e. The van der Waals surface area contributed by atoms with Crippen molar-refractivity contribution in [2.24, 2.45) is 0 Å². The zero-order chi connectivity index (χ0) is 18.9. The molecule has 0 atom stereocenters. The van der Waals surface area contributed by atoms with Crippen LogP contribution in [0.4, 0.5) is 10.1 Å². The minimum absolute atomic E-state index is 0.0397. The van der Waals surface area contributed by atoms with E-state index in [0.717, 1.165) is 5.56 Å². The van der Waals surface area contributed by atoms with E-state index in [4.69, 9.17) is 0 Å². The lowest BCUT2D eigenvalue weighted by atomic mass is 9.95. The van der Waals surface area contributed by atoms with Crippen molar-refractivity contribution in [1.29, 1.82) is 0 Å². The Morgan fingerprint density at radius 2 is 1.80 bits per heavy atom. The van der Waals surface area contributed by atoms with Gasteiger partial charge in [-0.1, -0.05) is 18.2 Å². The normalized spacial score (nSPS) is 10.8. The van der Waals surface area contributed by atoms with Crippen molar-refractivity contribution >= 4 is 17.5 Å². The lowest BCUT2D eigenvalue weighted by molar-refractivity contribution is -0.125. The van der Waals surface area contributed by atoms with Crippen LogP contribution in [0.1, 0.15) is 31.2 Å². The van der Waals surface area contributed by atoms with E-state index in [1.54, 1.807) is 25.1 Å². The van der Waals surface area contributed by atoms with Crippen molar-refractivity contribution < 1.29 is 19.1 Å². The van der Waals surface area contributed by atoms with Gasteiger partial charge in [-0.05, 0) is 37.5 Å². The number of aliphatic hydroxyl groups is 1. The Labute approximate surface area is 147 Å². The van der Waals surface area contributed by atoms with Crippen molar-refractivity contribution in [3.05, 3.63) is 54.9 Å². The standard InChI is InChI=1S/C19H25FN2O3/c1-4-10-19(25,11-5-2)13-21-17(23)8-9-18(24)22-16-12-14(3)6-7-15(16)20/h4-7,12,25H,1-2,8-11,13H2,3H3,(H,21,23)(H,22,24). The summed E-state index contributed by atoms with van der Waals surface area (Å²) >= 11 is 0. The Morgan fingerprint density at radius 1 is 1.20 bits per heavy atom. The molecule has 0 unspecified atom stereocenters. The summed E-state index contributed by atoms with van der Waals surface area (Å²) in [4.78, 5) is 23.7. The van der Waals surface area contributed by atoms with Crippen LogP contribution in [0.5, 0.6) is 0 Å². The van der Waals surface area contributed by atoms with Gasteiger partial charge in [0, 0.05) is 19.4 Å². The van der Waals surface area contributed by atoms with Gasteiger partial charge in [-0.25, -0.2) is 4.39 Å². The maximum Gasteiger partial charge on any atom is 0.224 e. The highest BCUT2D eigenvalue weighted by atomic mass is 19.1. The zero-order valence-corrected chi connectivity index (χ0v) is 14.5. The van der Waals surface area contributed by atoms with Crippen LogP contribution >= 0.6 is 0 Å². The fourth-order valence-corrected chi connectivity index (χ4v) is 2.29. The molecule has 0 heterocycles. The van der Waals surface area contributed by atoms with Crippen molar-refractivity contribution in [3.8, 4) is 0 Å². The molecule has 0 radical (unpaired) electrons. The maximum atomic E-state index is 13.6. The second kappa shape index (κ2) is 9.74. The summed E-state index contributed by atoms with van der Waals surface area (Å²) in [6.07, 6.45) is 3.62. The third-order valence-corrected chi connectivity index (χ3v) is 3.64. The van der Waals surface area contributed by atoms with Crippen LogP contribution in [-0.4, -0.2) is 29.1 Å². The molecule has 3 N–H and O–H groups in total. The SMILES string of the molecule is C=CCC(O)(CC=C)CNC(=O)CCC(=O)Nc1cc(C)ccc1F. The Balaban J connectivity index is 2.45. The van der Waals surface area contributed by atoms with E-state index < -0.39 is 17.3 Å². The van der Waals surface area contributed by atoms with E-state index in [-0.39, 0.29) is 31.0 Å². The van der Waals surface area contributed by atoms with Crippen LogP contribution in [0.15, 0.2) is 43.5 Å². The first kappa shape index (κ1) is 20.6. The molecule has 0 aliphatic rings. The average molecular weight is 348 g/mol. The number of hydrogen-bond acceptors (Lipinski definition) is 3. The van der Waals surface area contributed by atoms with Crippen LogP contribution in [0.2, 0.25) is 0 Å². The molecule has 2 amide bonds. The monoisotopic (exact) mass is 348 g/mol. The number of nitrogens with one attached hydrogen (secondary N) is 2. The molecule has 0 aliphatic carbocycles. The first-order valence-corrected chi connectivity index (χ1v) is 8.06. The van der Waals surface area contributed by atoms with Gasteiger partial charge in [-0.3, -0.25) is 9.59 Å². The van der Waals surface area contributed by atoms with E-state index in [9.17, 15) is 19.1 Å². The average Bonchev–Trinajstić information content (AvgIpc) is 2.55. The van der Waals surface area contributed by atoms with Crippen LogP contribution in [0.3, 0.4) is 0 Å². The van der Waals surface area contributed by atoms with Crippen molar-refractivity contribution in [1.82, 2.24) is 5.32 Å². The number of benzene rings is 1. The summed E-state index contributed by atoms with van der Waals surface area (Å²) in [6.45, 7) is 8.98. The molecule has 0 saturated carbocycles. The number of rotatable bonds is 10. The molecule has 0 spiro atoms. The van der Waals surface area contributed by atoms with Gasteiger partial charge < -0.3 is 15.7 Å². The smallest absolute Gasteiger partial charge is 0.224 e. The van der Waals surface area contributed by atoms with Gasteiger partial charge in [0.2, 0.25) is 11.8 Å². The molecule has 1 rings (SSSR count). The molecular weight excluding hydrogens is 323 g/mol. The van der Waals surface area contributed by atoms with Crippen LogP contribution in [0.25, 0.3) is 0 Å². The highest BCUT2D eigenvalue weighted by Gasteiger charge is 2.24. The Bertz CT molecular complexity index is 634. The molecule has 6 heteroatoms. The molecule has 1 aromatic carbocycles. The van der Waals surface area contributed by atoms with Crippen LogP contribution in [-0.2, 0) is 9.59 Å². The molecular formula is C19H25FN2O3. The van der Waals surface area contributed by atoms with E-state index in [1.807, 2.05) is 0 Å². The number of halogens is 1. The van der Waals surface area contributed by atoms with Crippen LogP contribution < -0.4 is 10.6 Å². The van der Waals surface area contributed by atoms with E-state index >= 15 is 0 Å². The quantitative estimate of drug-likeness (QED) is 0.569. The third kappa shape index (κ3) is 7.30. The van der Waals surface area contributed by atoms with Crippen LogP contribution in [0, 0.1) is 12.7 Å². The van der Waals surface area contributed by atoms with Crippen molar-refractivity contribution in [2.75, 3.05) is 11.9 Å². The molecule has 0 aliphatic heterocycles. The Morgan fingerprint density at radius 3 is 2.40 bits per heavy atom. The second-order valence-electron chi connectivity index (χ2n) is 6.02. The van der Waals surface area contributed by atoms with Gasteiger partial charge >= 0.3 is 0 Å². The van der Waals surface area contributed by atoms with Gasteiger partial charge in [0.25, 0.3) is 0 Å². The first-order chi connectivity index (χ1) is 11.8. The minimum Gasteiger partial charge on any atom is -0.387 e. The van der Waals surface area contributed by atoms with Crippen molar-refractivity contribution in [2.45, 2.75) is 38.2 Å². The predicted octanol–water partition coefficient (Wildman–Crippen LogP) is 2.85. The van der Waals surface area contributed by atoms with Gasteiger partial charge in [0.1, 0.15) is 5.82 Å². The molecule has 0 bridgehead atoms. The predicted molar refractivity (Wildman–Crippen MR) is 96.6 cm³/mol.